The summed E-state index contributed by atoms with van der Waals surface area (Å²) < 4.78 is 62.4. The van der Waals surface area contributed by atoms with Crippen molar-refractivity contribution in [1.82, 2.24) is 15.8 Å². The van der Waals surface area contributed by atoms with Crippen molar-refractivity contribution in [3.05, 3.63) is 45.6 Å². The quantitative estimate of drug-likeness (QED) is 0.481. The van der Waals surface area contributed by atoms with E-state index in [1.54, 1.807) is 14.0 Å². The van der Waals surface area contributed by atoms with E-state index in [0.717, 1.165) is 0 Å². The number of benzene rings is 1. The molecule has 1 aliphatic rings. The molecule has 0 aliphatic carbocycles. The van der Waals surface area contributed by atoms with E-state index < -0.39 is 59.0 Å². The molecule has 29 heavy (non-hydrogen) atoms. The van der Waals surface area contributed by atoms with E-state index in [-0.39, 0.29) is 24.0 Å². The summed E-state index contributed by atoms with van der Waals surface area (Å²) in [6.45, 7) is 4.14. The highest BCUT2D eigenvalue weighted by Crippen LogP contribution is 2.31. The van der Waals surface area contributed by atoms with Crippen molar-refractivity contribution in [2.24, 2.45) is 5.92 Å². The van der Waals surface area contributed by atoms with Crippen LogP contribution in [0.15, 0.2) is 11.2 Å². The molecule has 2 N–H and O–H groups in total. The second-order valence-corrected chi connectivity index (χ2v) is 7.67. The van der Waals surface area contributed by atoms with Crippen molar-refractivity contribution < 1.29 is 27.1 Å². The van der Waals surface area contributed by atoms with Gasteiger partial charge in [-0.1, -0.05) is 32.4 Å². The molecule has 1 heterocycles. The van der Waals surface area contributed by atoms with Crippen molar-refractivity contribution in [1.29, 1.82) is 0 Å². The molecule has 5 nitrogen and oxygen atoms in total. The highest BCUT2D eigenvalue weighted by Gasteiger charge is 2.44. The Labute approximate surface area is 172 Å². The number of nitrogens with one attached hydrogen (secondary N) is 2. The van der Waals surface area contributed by atoms with Crippen LogP contribution >= 0.6 is 11.6 Å². The van der Waals surface area contributed by atoms with Crippen molar-refractivity contribution in [3.8, 4) is 0 Å². The summed E-state index contributed by atoms with van der Waals surface area (Å²) >= 11 is 6.13. The van der Waals surface area contributed by atoms with Crippen molar-refractivity contribution in [3.63, 3.8) is 0 Å². The molecule has 10 heteroatoms. The standard InChI is InChI=1S/C19H24ClF4N3O2/c1-5-19(13(20)7-27(4)26-19)18(28)25-6-11-14(21)16(23)12(17(24)15(11)22)9-29-8-10(2)3/h7,10,26H,5-6,8-9H2,1-4H3,(H,25,28). The molecule has 0 saturated carbocycles. The lowest BCUT2D eigenvalue weighted by Gasteiger charge is -2.29. The Balaban J connectivity index is 2.21. The Hall–Kier alpha value is -1.84. The summed E-state index contributed by atoms with van der Waals surface area (Å²) in [5.41, 5.74) is -0.234. The molecule has 0 radical (unpaired) electrons. The summed E-state index contributed by atoms with van der Waals surface area (Å²) in [6.07, 6.45) is 1.72. The summed E-state index contributed by atoms with van der Waals surface area (Å²) in [5, 5.41) is 3.95. The first kappa shape index (κ1) is 23.4. The molecule has 0 bridgehead atoms. The summed E-state index contributed by atoms with van der Waals surface area (Å²) in [4.78, 5) is 12.6. The molecule has 0 aromatic heterocycles. The van der Waals surface area contributed by atoms with Crippen LogP contribution in [0.1, 0.15) is 38.3 Å². The van der Waals surface area contributed by atoms with Crippen molar-refractivity contribution in [2.75, 3.05) is 13.7 Å². The van der Waals surface area contributed by atoms with E-state index in [1.165, 1.54) is 11.2 Å². The van der Waals surface area contributed by atoms with Gasteiger partial charge in [0, 0.05) is 32.0 Å². The highest BCUT2D eigenvalue weighted by molar-refractivity contribution is 6.33. The third-order valence-electron chi connectivity index (χ3n) is 4.57. The monoisotopic (exact) mass is 437 g/mol. The van der Waals surface area contributed by atoms with Gasteiger partial charge in [-0.15, -0.1) is 0 Å². The first-order valence-corrected chi connectivity index (χ1v) is 9.51. The average Bonchev–Trinajstić information content (AvgIpc) is 2.96. The van der Waals surface area contributed by atoms with Crippen LogP contribution in [0.2, 0.25) is 0 Å². The van der Waals surface area contributed by atoms with Crippen LogP contribution in [0.25, 0.3) is 0 Å². The number of halogens is 5. The Morgan fingerprint density at radius 2 is 1.76 bits per heavy atom. The Bertz CT molecular complexity index is 790. The van der Waals surface area contributed by atoms with Gasteiger partial charge in [0.1, 0.15) is 0 Å². The minimum Gasteiger partial charge on any atom is -0.376 e. The molecular formula is C19H24ClF4N3O2. The van der Waals surface area contributed by atoms with E-state index >= 15 is 0 Å². The number of nitrogens with zero attached hydrogens (tertiary/aromatic N) is 1. The lowest BCUT2D eigenvalue weighted by molar-refractivity contribution is -0.127. The number of carbonyl (C=O) groups is 1. The first-order valence-electron chi connectivity index (χ1n) is 9.13. The largest absolute Gasteiger partial charge is 0.376 e. The van der Waals surface area contributed by atoms with Crippen LogP contribution in [0.5, 0.6) is 0 Å². The number of ether oxygens (including phenoxy) is 1. The molecule has 1 atom stereocenters. The molecule has 0 saturated heterocycles. The SMILES string of the molecule is CCC1(C(=O)NCc2c(F)c(F)c(COCC(C)C)c(F)c2F)NN(C)C=C1Cl. The molecule has 0 fully saturated rings. The molecule has 1 aliphatic heterocycles. The maximum absolute atomic E-state index is 14.4. The summed E-state index contributed by atoms with van der Waals surface area (Å²) in [7, 11) is 1.62. The number of hydrogen-bond acceptors (Lipinski definition) is 4. The smallest absolute Gasteiger partial charge is 0.247 e. The zero-order valence-electron chi connectivity index (χ0n) is 16.6. The number of rotatable bonds is 8. The van der Waals surface area contributed by atoms with E-state index in [2.05, 4.69) is 10.7 Å². The molecule has 1 aromatic carbocycles. The predicted octanol–water partition coefficient (Wildman–Crippen LogP) is 3.71. The maximum atomic E-state index is 14.4. The fraction of sp³-hybridized carbons (Fsp3) is 0.526. The zero-order chi connectivity index (χ0) is 21.9. The summed E-state index contributed by atoms with van der Waals surface area (Å²) in [6, 6.07) is 0. The Morgan fingerprint density at radius 1 is 1.21 bits per heavy atom. The predicted molar refractivity (Wildman–Crippen MR) is 100 cm³/mol. The Morgan fingerprint density at radius 3 is 2.21 bits per heavy atom. The molecule has 162 valence electrons. The van der Waals surface area contributed by atoms with Crippen LogP contribution < -0.4 is 10.7 Å². The number of hydrazine groups is 1. The van der Waals surface area contributed by atoms with Gasteiger partial charge in [-0.2, -0.15) is 0 Å². The van der Waals surface area contributed by atoms with Crippen LogP contribution in [0, 0.1) is 29.2 Å². The molecular weight excluding hydrogens is 414 g/mol. The van der Waals surface area contributed by atoms with E-state index in [1.807, 2.05) is 13.8 Å². The van der Waals surface area contributed by atoms with Gasteiger partial charge in [-0.05, 0) is 12.3 Å². The van der Waals surface area contributed by atoms with Gasteiger partial charge in [0.2, 0.25) is 5.91 Å². The van der Waals surface area contributed by atoms with E-state index in [4.69, 9.17) is 16.3 Å². The van der Waals surface area contributed by atoms with Gasteiger partial charge in [-0.25, -0.2) is 23.0 Å². The minimum absolute atomic E-state index is 0.0836. The van der Waals surface area contributed by atoms with Crippen molar-refractivity contribution >= 4 is 17.5 Å². The van der Waals surface area contributed by atoms with Gasteiger partial charge in [0.05, 0.1) is 17.2 Å². The van der Waals surface area contributed by atoms with E-state index in [9.17, 15) is 22.4 Å². The third kappa shape index (κ3) is 4.67. The normalized spacial score (nSPS) is 19.1. The average molecular weight is 438 g/mol. The number of hydrogen-bond donors (Lipinski definition) is 2. The van der Waals surface area contributed by atoms with Crippen LogP contribution in [0.3, 0.4) is 0 Å². The fourth-order valence-corrected chi connectivity index (χ4v) is 3.36. The van der Waals surface area contributed by atoms with E-state index in [0.29, 0.717) is 0 Å². The van der Waals surface area contributed by atoms with Gasteiger partial charge >= 0.3 is 0 Å². The second-order valence-electron chi connectivity index (χ2n) is 7.26. The fourth-order valence-electron chi connectivity index (χ4n) is 2.96. The number of carbonyl (C=O) groups excluding carboxylic acids is 1. The topological polar surface area (TPSA) is 53.6 Å². The van der Waals surface area contributed by atoms with Gasteiger partial charge < -0.3 is 15.1 Å². The van der Waals surface area contributed by atoms with Crippen LogP contribution in [-0.2, 0) is 22.7 Å². The highest BCUT2D eigenvalue weighted by atomic mass is 35.5. The third-order valence-corrected chi connectivity index (χ3v) is 4.99. The molecule has 1 unspecified atom stereocenters. The van der Waals surface area contributed by atoms with Gasteiger partial charge in [0.15, 0.2) is 28.8 Å². The number of amides is 1. The zero-order valence-corrected chi connectivity index (χ0v) is 17.4. The molecule has 1 aromatic rings. The first-order chi connectivity index (χ1) is 13.5. The maximum Gasteiger partial charge on any atom is 0.247 e. The molecule has 2 rings (SSSR count). The molecule has 1 amide bonds. The lowest BCUT2D eigenvalue weighted by Crippen LogP contribution is -2.56. The second kappa shape index (κ2) is 9.32. The van der Waals surface area contributed by atoms with Gasteiger partial charge in [-0.3, -0.25) is 4.79 Å². The Kier molecular flexibility index (Phi) is 7.53. The van der Waals surface area contributed by atoms with Crippen molar-refractivity contribution in [2.45, 2.75) is 45.9 Å². The van der Waals surface area contributed by atoms with Crippen LogP contribution in [0.4, 0.5) is 17.6 Å². The minimum atomic E-state index is -1.57. The van der Waals surface area contributed by atoms with Crippen LogP contribution in [-0.4, -0.2) is 30.1 Å². The summed E-state index contributed by atoms with van der Waals surface area (Å²) in [5.74, 6) is -6.83. The lowest BCUT2D eigenvalue weighted by atomic mass is 9.96. The van der Waals surface area contributed by atoms with Gasteiger partial charge in [0.25, 0.3) is 0 Å². The molecule has 0 spiro atoms.